The highest BCUT2D eigenvalue weighted by molar-refractivity contribution is 6.31. The molecule has 1 aromatic heterocycles. The van der Waals surface area contributed by atoms with Crippen LogP contribution >= 0.6 is 11.6 Å². The summed E-state index contributed by atoms with van der Waals surface area (Å²) in [5.41, 5.74) is 4.10. The Morgan fingerprint density at radius 1 is 1.09 bits per heavy atom. The van der Waals surface area contributed by atoms with Gasteiger partial charge in [-0.2, -0.15) is 0 Å². The number of carbonyl (C=O) groups excluding carboxylic acids is 1. The van der Waals surface area contributed by atoms with Gasteiger partial charge < -0.3 is 9.88 Å². The summed E-state index contributed by atoms with van der Waals surface area (Å²) in [6.07, 6.45) is 0.911. The van der Waals surface area contributed by atoms with Crippen molar-refractivity contribution in [3.8, 4) is 0 Å². The predicted octanol–water partition coefficient (Wildman–Crippen LogP) is 4.02. The number of nitrogens with one attached hydrogen (secondary N) is 1. The van der Waals surface area contributed by atoms with Gasteiger partial charge in [-0.25, -0.2) is 0 Å². The number of nitrogens with zero attached hydrogens (tertiary/aromatic N) is 1. The van der Waals surface area contributed by atoms with E-state index in [1.165, 1.54) is 11.1 Å². The number of amides is 1. The van der Waals surface area contributed by atoms with E-state index < -0.39 is 0 Å². The molecule has 0 bridgehead atoms. The van der Waals surface area contributed by atoms with E-state index in [1.807, 2.05) is 35.2 Å². The van der Waals surface area contributed by atoms with Crippen LogP contribution in [0.4, 0.5) is 0 Å². The smallest absolute Gasteiger partial charge is 0.270 e. The Labute approximate surface area is 133 Å². The van der Waals surface area contributed by atoms with Crippen molar-refractivity contribution in [3.05, 3.63) is 70.4 Å². The Hall–Kier alpha value is -2.26. The minimum atomic E-state index is 0.0434. The summed E-state index contributed by atoms with van der Waals surface area (Å²) in [6, 6.07) is 15.8. The van der Waals surface area contributed by atoms with E-state index in [4.69, 9.17) is 11.6 Å². The number of H-pyrrole nitrogens is 1. The van der Waals surface area contributed by atoms with Gasteiger partial charge in [0.15, 0.2) is 0 Å². The van der Waals surface area contributed by atoms with E-state index in [0.717, 1.165) is 23.9 Å². The van der Waals surface area contributed by atoms with Gasteiger partial charge in [0.25, 0.3) is 5.91 Å². The third-order valence-corrected chi connectivity index (χ3v) is 4.47. The van der Waals surface area contributed by atoms with E-state index in [1.54, 1.807) is 0 Å². The van der Waals surface area contributed by atoms with Gasteiger partial charge in [0.05, 0.1) is 0 Å². The normalized spacial score (nSPS) is 14.1. The zero-order valence-corrected chi connectivity index (χ0v) is 12.7. The Morgan fingerprint density at radius 3 is 2.77 bits per heavy atom. The monoisotopic (exact) mass is 310 g/mol. The number of hydrogen-bond donors (Lipinski definition) is 1. The molecule has 22 heavy (non-hydrogen) atoms. The van der Waals surface area contributed by atoms with Gasteiger partial charge in [0.1, 0.15) is 5.69 Å². The lowest BCUT2D eigenvalue weighted by atomic mass is 10.00. The van der Waals surface area contributed by atoms with Gasteiger partial charge in [0.2, 0.25) is 0 Å². The summed E-state index contributed by atoms with van der Waals surface area (Å²) in [6.45, 7) is 1.43. The standard InChI is InChI=1S/C18H15ClN2O/c19-15-6-5-13-9-17(20-16(13)10-15)18(22)21-8-7-12-3-1-2-4-14(12)11-21/h1-6,9-10,20H,7-8,11H2. The molecule has 1 N–H and O–H groups in total. The molecular formula is C18H15ClN2O. The quantitative estimate of drug-likeness (QED) is 0.724. The number of aromatic amines is 1. The second kappa shape index (κ2) is 5.18. The van der Waals surface area contributed by atoms with Crippen molar-refractivity contribution in [2.45, 2.75) is 13.0 Å². The lowest BCUT2D eigenvalue weighted by Gasteiger charge is -2.28. The Morgan fingerprint density at radius 2 is 1.91 bits per heavy atom. The Bertz CT molecular complexity index is 868. The molecule has 2 aromatic carbocycles. The highest BCUT2D eigenvalue weighted by atomic mass is 35.5. The van der Waals surface area contributed by atoms with Crippen LogP contribution in [0, 0.1) is 0 Å². The molecule has 1 amide bonds. The van der Waals surface area contributed by atoms with Gasteiger partial charge in [-0.05, 0) is 35.7 Å². The molecule has 3 aromatic rings. The highest BCUT2D eigenvalue weighted by Crippen LogP contribution is 2.23. The van der Waals surface area contributed by atoms with E-state index in [9.17, 15) is 4.79 Å². The average molecular weight is 311 g/mol. The molecule has 0 atom stereocenters. The molecule has 0 spiro atoms. The van der Waals surface area contributed by atoms with Gasteiger partial charge >= 0.3 is 0 Å². The molecule has 0 saturated heterocycles. The largest absolute Gasteiger partial charge is 0.350 e. The van der Waals surface area contributed by atoms with Gasteiger partial charge in [-0.3, -0.25) is 4.79 Å². The first-order valence-electron chi connectivity index (χ1n) is 7.35. The second-order valence-electron chi connectivity index (χ2n) is 5.66. The van der Waals surface area contributed by atoms with Crippen molar-refractivity contribution < 1.29 is 4.79 Å². The zero-order chi connectivity index (χ0) is 15.1. The molecule has 110 valence electrons. The molecule has 1 aliphatic heterocycles. The van der Waals surface area contributed by atoms with Crippen molar-refractivity contribution in [1.29, 1.82) is 0 Å². The first-order valence-corrected chi connectivity index (χ1v) is 7.73. The van der Waals surface area contributed by atoms with Crippen LogP contribution in [-0.2, 0) is 13.0 Å². The van der Waals surface area contributed by atoms with Crippen molar-refractivity contribution in [2.75, 3.05) is 6.54 Å². The lowest BCUT2D eigenvalue weighted by molar-refractivity contribution is 0.0730. The first-order chi connectivity index (χ1) is 10.7. The third kappa shape index (κ3) is 2.28. The van der Waals surface area contributed by atoms with Gasteiger partial charge in [-0.15, -0.1) is 0 Å². The average Bonchev–Trinajstić information content (AvgIpc) is 2.96. The van der Waals surface area contributed by atoms with Gasteiger partial charge in [-0.1, -0.05) is 41.9 Å². The summed E-state index contributed by atoms with van der Waals surface area (Å²) in [5, 5.41) is 1.67. The summed E-state index contributed by atoms with van der Waals surface area (Å²) in [5.74, 6) is 0.0434. The van der Waals surface area contributed by atoms with Crippen LogP contribution in [0.15, 0.2) is 48.5 Å². The molecule has 0 aliphatic carbocycles. The molecule has 0 unspecified atom stereocenters. The minimum Gasteiger partial charge on any atom is -0.350 e. The highest BCUT2D eigenvalue weighted by Gasteiger charge is 2.22. The van der Waals surface area contributed by atoms with Crippen LogP contribution in [0.3, 0.4) is 0 Å². The second-order valence-corrected chi connectivity index (χ2v) is 6.10. The molecular weight excluding hydrogens is 296 g/mol. The molecule has 4 heteroatoms. The summed E-state index contributed by atoms with van der Waals surface area (Å²) >= 11 is 6.00. The predicted molar refractivity (Wildman–Crippen MR) is 88.2 cm³/mol. The molecule has 1 aliphatic rings. The first kappa shape index (κ1) is 13.4. The maximum atomic E-state index is 12.7. The number of hydrogen-bond acceptors (Lipinski definition) is 1. The summed E-state index contributed by atoms with van der Waals surface area (Å²) in [7, 11) is 0. The summed E-state index contributed by atoms with van der Waals surface area (Å²) in [4.78, 5) is 17.8. The Balaban J connectivity index is 1.64. The maximum Gasteiger partial charge on any atom is 0.270 e. The van der Waals surface area contributed by atoms with Crippen molar-refractivity contribution in [3.63, 3.8) is 0 Å². The number of fused-ring (bicyclic) bond motifs is 2. The van der Waals surface area contributed by atoms with Crippen molar-refractivity contribution in [1.82, 2.24) is 9.88 Å². The van der Waals surface area contributed by atoms with Crippen LogP contribution in [0.25, 0.3) is 10.9 Å². The van der Waals surface area contributed by atoms with Crippen LogP contribution in [-0.4, -0.2) is 22.3 Å². The molecule has 2 heterocycles. The van der Waals surface area contributed by atoms with Crippen LogP contribution in [0.5, 0.6) is 0 Å². The number of rotatable bonds is 1. The van der Waals surface area contributed by atoms with E-state index in [2.05, 4.69) is 23.2 Å². The van der Waals surface area contributed by atoms with Crippen LogP contribution in [0.1, 0.15) is 21.6 Å². The number of aromatic nitrogens is 1. The topological polar surface area (TPSA) is 36.1 Å². The van der Waals surface area contributed by atoms with E-state index in [0.29, 0.717) is 17.3 Å². The van der Waals surface area contributed by atoms with Crippen molar-refractivity contribution >= 4 is 28.4 Å². The lowest BCUT2D eigenvalue weighted by Crippen LogP contribution is -2.36. The number of benzene rings is 2. The molecule has 3 nitrogen and oxygen atoms in total. The SMILES string of the molecule is O=C(c1cc2ccc(Cl)cc2[nH]1)N1CCc2ccccc2C1. The fourth-order valence-corrected chi connectivity index (χ4v) is 3.23. The van der Waals surface area contributed by atoms with Gasteiger partial charge in [0, 0.05) is 29.0 Å². The molecule has 0 saturated carbocycles. The van der Waals surface area contributed by atoms with E-state index in [-0.39, 0.29) is 5.91 Å². The number of carbonyl (C=O) groups is 1. The van der Waals surface area contributed by atoms with E-state index >= 15 is 0 Å². The number of halogens is 1. The third-order valence-electron chi connectivity index (χ3n) is 4.23. The molecule has 0 radical (unpaired) electrons. The maximum absolute atomic E-state index is 12.7. The molecule has 0 fully saturated rings. The zero-order valence-electron chi connectivity index (χ0n) is 12.0. The fraction of sp³-hybridized carbons (Fsp3) is 0.167. The fourth-order valence-electron chi connectivity index (χ4n) is 3.05. The Kier molecular flexibility index (Phi) is 3.16. The molecule has 4 rings (SSSR count). The van der Waals surface area contributed by atoms with Crippen LogP contribution in [0.2, 0.25) is 5.02 Å². The minimum absolute atomic E-state index is 0.0434. The van der Waals surface area contributed by atoms with Crippen molar-refractivity contribution in [2.24, 2.45) is 0 Å². The van der Waals surface area contributed by atoms with Crippen LogP contribution < -0.4 is 0 Å². The summed E-state index contributed by atoms with van der Waals surface area (Å²) < 4.78 is 0.